The average Bonchev–Trinajstić information content (AvgIpc) is 3.08. The van der Waals surface area contributed by atoms with Crippen molar-refractivity contribution in [3.05, 3.63) is 40.4 Å². The highest BCUT2D eigenvalue weighted by Crippen LogP contribution is 2.38. The first-order valence-corrected chi connectivity index (χ1v) is 8.59. The van der Waals surface area contributed by atoms with Gasteiger partial charge in [-0.15, -0.1) is 11.3 Å². The highest BCUT2D eigenvalue weighted by molar-refractivity contribution is 7.15. The number of hydrogen-bond acceptors (Lipinski definition) is 4. The Morgan fingerprint density at radius 3 is 2.95 bits per heavy atom. The zero-order valence-corrected chi connectivity index (χ0v) is 13.3. The number of carbonyl (C=O) groups is 1. The summed E-state index contributed by atoms with van der Waals surface area (Å²) in [5.74, 6) is 0.772. The molecule has 5 heteroatoms. The Morgan fingerprint density at radius 1 is 1.32 bits per heavy atom. The molecule has 2 unspecified atom stereocenters. The van der Waals surface area contributed by atoms with Crippen molar-refractivity contribution in [2.75, 3.05) is 5.32 Å². The Hall–Kier alpha value is -1.88. The molecule has 4 nitrogen and oxygen atoms in total. The summed E-state index contributed by atoms with van der Waals surface area (Å²) >= 11 is 1.61. The maximum absolute atomic E-state index is 12.5. The Balaban J connectivity index is 1.50. The molecule has 2 aromatic rings. The number of ether oxygens (including phenoxy) is 1. The quantitative estimate of drug-likeness (QED) is 0.922. The molecule has 0 fully saturated rings. The van der Waals surface area contributed by atoms with Gasteiger partial charge in [0.25, 0.3) is 5.91 Å². The minimum absolute atomic E-state index is 0.0609. The third kappa shape index (κ3) is 2.29. The summed E-state index contributed by atoms with van der Waals surface area (Å²) in [5.41, 5.74) is 2.26. The maximum Gasteiger partial charge on any atom is 0.267 e. The largest absolute Gasteiger partial charge is 0.480 e. The number of amides is 1. The summed E-state index contributed by atoms with van der Waals surface area (Å²) in [7, 11) is 0. The van der Waals surface area contributed by atoms with E-state index in [1.54, 1.807) is 11.3 Å². The zero-order chi connectivity index (χ0) is 15.1. The number of nitrogens with one attached hydrogen (secondary N) is 1. The number of fused-ring (bicyclic) bond motifs is 2. The van der Waals surface area contributed by atoms with E-state index in [1.807, 2.05) is 31.2 Å². The number of carbonyl (C=O) groups excluding carboxylic acids is 1. The van der Waals surface area contributed by atoms with Gasteiger partial charge in [-0.3, -0.25) is 10.1 Å². The van der Waals surface area contributed by atoms with Crippen molar-refractivity contribution < 1.29 is 9.53 Å². The Kier molecular flexibility index (Phi) is 3.37. The molecule has 1 aliphatic heterocycles. The van der Waals surface area contributed by atoms with Crippen molar-refractivity contribution in [2.45, 2.75) is 44.6 Å². The van der Waals surface area contributed by atoms with Crippen LogP contribution in [-0.4, -0.2) is 17.0 Å². The highest BCUT2D eigenvalue weighted by Gasteiger charge is 2.36. The molecule has 0 saturated heterocycles. The third-order valence-electron chi connectivity index (χ3n) is 4.45. The van der Waals surface area contributed by atoms with Gasteiger partial charge >= 0.3 is 0 Å². The van der Waals surface area contributed by atoms with Gasteiger partial charge in [0.15, 0.2) is 11.2 Å². The van der Waals surface area contributed by atoms with Crippen LogP contribution >= 0.6 is 11.3 Å². The number of aromatic nitrogens is 1. The fourth-order valence-corrected chi connectivity index (χ4v) is 4.28. The molecule has 2 heterocycles. The van der Waals surface area contributed by atoms with Crippen molar-refractivity contribution in [1.29, 1.82) is 0 Å². The average molecular weight is 314 g/mol. The number of aryl methyl sites for hydroxylation is 2. The van der Waals surface area contributed by atoms with E-state index >= 15 is 0 Å². The summed E-state index contributed by atoms with van der Waals surface area (Å²) in [4.78, 5) is 18.4. The molecule has 0 bridgehead atoms. The molecule has 0 saturated carbocycles. The predicted octanol–water partition coefficient (Wildman–Crippen LogP) is 3.53. The van der Waals surface area contributed by atoms with Gasteiger partial charge in [-0.25, -0.2) is 4.98 Å². The second-order valence-corrected chi connectivity index (χ2v) is 7.03. The van der Waals surface area contributed by atoms with Crippen LogP contribution in [0.15, 0.2) is 24.3 Å². The van der Waals surface area contributed by atoms with Crippen LogP contribution in [0.4, 0.5) is 5.13 Å². The second-order valence-electron chi connectivity index (χ2n) is 5.95. The monoisotopic (exact) mass is 314 g/mol. The Morgan fingerprint density at radius 2 is 2.14 bits per heavy atom. The van der Waals surface area contributed by atoms with Crippen molar-refractivity contribution in [3.63, 3.8) is 0 Å². The molecule has 22 heavy (non-hydrogen) atoms. The third-order valence-corrected chi connectivity index (χ3v) is 5.52. The molecule has 1 aromatic heterocycles. The fraction of sp³-hybridized carbons (Fsp3) is 0.412. The van der Waals surface area contributed by atoms with Crippen molar-refractivity contribution in [1.82, 2.24) is 4.98 Å². The van der Waals surface area contributed by atoms with Gasteiger partial charge in [0, 0.05) is 16.4 Å². The first kappa shape index (κ1) is 13.8. The van der Waals surface area contributed by atoms with E-state index in [0.717, 1.165) is 29.8 Å². The number of anilines is 1. The molecule has 1 aromatic carbocycles. The molecule has 1 N–H and O–H groups in total. The molecule has 0 radical (unpaired) electrons. The number of para-hydroxylation sites is 1. The van der Waals surface area contributed by atoms with Crippen LogP contribution in [0.25, 0.3) is 0 Å². The van der Waals surface area contributed by atoms with E-state index in [4.69, 9.17) is 4.74 Å². The molecule has 1 amide bonds. The minimum atomic E-state index is -0.474. The van der Waals surface area contributed by atoms with Crippen molar-refractivity contribution in [3.8, 4) is 5.75 Å². The molecule has 114 valence electrons. The number of rotatable bonds is 2. The normalized spacial score (nSPS) is 22.6. The number of benzene rings is 1. The van der Waals surface area contributed by atoms with Gasteiger partial charge in [0.05, 0.1) is 5.69 Å². The van der Waals surface area contributed by atoms with E-state index in [-0.39, 0.29) is 11.8 Å². The SMILES string of the molecule is CC1c2ccccc2OC1C(=O)Nc1nc2c(s1)CCCC2. The number of hydrogen-bond donors (Lipinski definition) is 1. The topological polar surface area (TPSA) is 51.2 Å². The van der Waals surface area contributed by atoms with Gasteiger partial charge in [-0.2, -0.15) is 0 Å². The summed E-state index contributed by atoms with van der Waals surface area (Å²) in [5, 5.41) is 3.66. The fourth-order valence-electron chi connectivity index (χ4n) is 3.23. The van der Waals surface area contributed by atoms with Gasteiger partial charge in [-0.1, -0.05) is 25.1 Å². The summed E-state index contributed by atoms with van der Waals surface area (Å²) in [6, 6.07) is 7.85. The first-order valence-electron chi connectivity index (χ1n) is 7.77. The summed E-state index contributed by atoms with van der Waals surface area (Å²) in [6.07, 6.45) is 4.06. The summed E-state index contributed by atoms with van der Waals surface area (Å²) in [6.45, 7) is 2.03. The molecule has 1 aliphatic carbocycles. The summed E-state index contributed by atoms with van der Waals surface area (Å²) < 4.78 is 5.82. The zero-order valence-electron chi connectivity index (χ0n) is 12.5. The van der Waals surface area contributed by atoms with Crippen LogP contribution in [0.3, 0.4) is 0 Å². The Labute approximate surface area is 133 Å². The molecular weight excluding hydrogens is 296 g/mol. The van der Waals surface area contributed by atoms with Crippen molar-refractivity contribution >= 4 is 22.4 Å². The van der Waals surface area contributed by atoms with Crippen LogP contribution in [0.1, 0.15) is 41.8 Å². The maximum atomic E-state index is 12.5. The van der Waals surface area contributed by atoms with Gasteiger partial charge in [0.1, 0.15) is 5.75 Å². The standard InChI is InChI=1S/C17H18N2O2S/c1-10-11-6-2-4-8-13(11)21-15(10)16(20)19-17-18-12-7-3-5-9-14(12)22-17/h2,4,6,8,10,15H,3,5,7,9H2,1H3,(H,18,19,20). The van der Waals surface area contributed by atoms with E-state index in [9.17, 15) is 4.79 Å². The lowest BCUT2D eigenvalue weighted by Crippen LogP contribution is -2.33. The minimum Gasteiger partial charge on any atom is -0.480 e. The lowest BCUT2D eigenvalue weighted by Gasteiger charge is -2.13. The highest BCUT2D eigenvalue weighted by atomic mass is 32.1. The van der Waals surface area contributed by atoms with Crippen LogP contribution < -0.4 is 10.1 Å². The smallest absolute Gasteiger partial charge is 0.267 e. The molecule has 2 atom stereocenters. The van der Waals surface area contributed by atoms with Crippen LogP contribution in [0, 0.1) is 0 Å². The van der Waals surface area contributed by atoms with E-state index < -0.39 is 6.10 Å². The number of nitrogens with zero attached hydrogens (tertiary/aromatic N) is 1. The molecular formula is C17H18N2O2S. The number of thiazole rings is 1. The molecule has 0 spiro atoms. The van der Waals surface area contributed by atoms with E-state index in [1.165, 1.54) is 17.7 Å². The van der Waals surface area contributed by atoms with Gasteiger partial charge in [-0.05, 0) is 31.7 Å². The molecule has 2 aliphatic rings. The lowest BCUT2D eigenvalue weighted by atomic mass is 9.97. The predicted molar refractivity (Wildman–Crippen MR) is 86.7 cm³/mol. The van der Waals surface area contributed by atoms with Crippen LogP contribution in [0.2, 0.25) is 0 Å². The second kappa shape index (κ2) is 5.39. The van der Waals surface area contributed by atoms with E-state index in [0.29, 0.717) is 5.13 Å². The van der Waals surface area contributed by atoms with E-state index in [2.05, 4.69) is 10.3 Å². The van der Waals surface area contributed by atoms with Crippen LogP contribution in [-0.2, 0) is 17.6 Å². The first-order chi connectivity index (χ1) is 10.7. The van der Waals surface area contributed by atoms with Gasteiger partial charge < -0.3 is 4.74 Å². The van der Waals surface area contributed by atoms with Crippen LogP contribution in [0.5, 0.6) is 5.75 Å². The Bertz CT molecular complexity index is 702. The molecule has 4 rings (SSSR count). The van der Waals surface area contributed by atoms with Crippen molar-refractivity contribution in [2.24, 2.45) is 0 Å². The van der Waals surface area contributed by atoms with Gasteiger partial charge in [0.2, 0.25) is 0 Å². The lowest BCUT2D eigenvalue weighted by molar-refractivity contribution is -0.122.